The summed E-state index contributed by atoms with van der Waals surface area (Å²) in [4.78, 5) is 21.1. The molecule has 0 aliphatic carbocycles. The number of nitrogens with one attached hydrogen (secondary N) is 2. The largest absolute Gasteiger partial charge is 0.459 e. The van der Waals surface area contributed by atoms with Gasteiger partial charge in [-0.15, -0.1) is 0 Å². The van der Waals surface area contributed by atoms with E-state index in [2.05, 4.69) is 10.6 Å². The zero-order valence-electron chi connectivity index (χ0n) is 8.20. The first kappa shape index (κ1) is 12.9. The summed E-state index contributed by atoms with van der Waals surface area (Å²) in [7, 11) is 0. The van der Waals surface area contributed by atoms with Crippen LogP contribution in [0.25, 0.3) is 0 Å². The van der Waals surface area contributed by atoms with E-state index in [1.807, 2.05) is 0 Å². The molecule has 0 fully saturated rings. The predicted octanol–water partition coefficient (Wildman–Crippen LogP) is 0.929. The number of halogens is 2. The lowest BCUT2D eigenvalue weighted by molar-refractivity contribution is -0.119. The molecule has 0 saturated carbocycles. The smallest absolute Gasteiger partial charge is 0.287 e. The summed E-state index contributed by atoms with van der Waals surface area (Å²) < 4.78 is 4.87. The van der Waals surface area contributed by atoms with Crippen LogP contribution >= 0.6 is 23.2 Å². The minimum absolute atomic E-state index is 0.221. The molecule has 2 N–H and O–H groups in total. The zero-order valence-corrected chi connectivity index (χ0v) is 9.72. The Balaban J connectivity index is 2.17. The fraction of sp³-hybridized carbons (Fsp3) is 0.333. The first-order valence-corrected chi connectivity index (χ1v) is 5.36. The molecule has 0 spiro atoms. The molecule has 0 bridgehead atoms. The van der Waals surface area contributed by atoms with Crippen molar-refractivity contribution in [2.45, 2.75) is 4.84 Å². The highest BCUT2D eigenvalue weighted by Crippen LogP contribution is 2.00. The summed E-state index contributed by atoms with van der Waals surface area (Å²) in [6.07, 6.45) is 1.41. The van der Waals surface area contributed by atoms with Crippen molar-refractivity contribution in [1.29, 1.82) is 0 Å². The van der Waals surface area contributed by atoms with E-state index in [1.165, 1.54) is 6.26 Å². The van der Waals surface area contributed by atoms with Crippen LogP contribution in [-0.2, 0) is 4.79 Å². The van der Waals surface area contributed by atoms with Crippen molar-refractivity contribution >= 4 is 35.0 Å². The summed E-state index contributed by atoms with van der Waals surface area (Å²) in [5, 5.41) is 4.98. The maximum Gasteiger partial charge on any atom is 0.287 e. The highest BCUT2D eigenvalue weighted by atomic mass is 35.5. The number of furan rings is 1. The van der Waals surface area contributed by atoms with Crippen LogP contribution in [0.5, 0.6) is 0 Å². The predicted molar refractivity (Wildman–Crippen MR) is 59.5 cm³/mol. The van der Waals surface area contributed by atoms with Gasteiger partial charge in [-0.25, -0.2) is 0 Å². The fourth-order valence-corrected chi connectivity index (χ4v) is 1.09. The van der Waals surface area contributed by atoms with Crippen molar-refractivity contribution < 1.29 is 14.0 Å². The third-order valence-corrected chi connectivity index (χ3v) is 2.05. The monoisotopic (exact) mass is 264 g/mol. The molecule has 0 unspecified atom stereocenters. The molecule has 7 heteroatoms. The van der Waals surface area contributed by atoms with E-state index >= 15 is 0 Å². The van der Waals surface area contributed by atoms with Crippen LogP contribution in [0.3, 0.4) is 0 Å². The minimum Gasteiger partial charge on any atom is -0.459 e. The Labute approximate surface area is 102 Å². The van der Waals surface area contributed by atoms with Crippen LogP contribution in [0.1, 0.15) is 10.6 Å². The van der Waals surface area contributed by atoms with Crippen LogP contribution < -0.4 is 10.6 Å². The second kappa shape index (κ2) is 6.40. The Hall–Kier alpha value is -1.20. The minimum atomic E-state index is -1.10. The lowest BCUT2D eigenvalue weighted by atomic mass is 10.4. The van der Waals surface area contributed by atoms with E-state index in [-0.39, 0.29) is 24.8 Å². The highest BCUT2D eigenvalue weighted by molar-refractivity contribution is 6.53. The lowest BCUT2D eigenvalue weighted by Crippen LogP contribution is -2.36. The lowest BCUT2D eigenvalue weighted by Gasteiger charge is -2.05. The molecule has 16 heavy (non-hydrogen) atoms. The Morgan fingerprint density at radius 1 is 1.31 bits per heavy atom. The molecule has 88 valence electrons. The van der Waals surface area contributed by atoms with Gasteiger partial charge in [-0.2, -0.15) is 0 Å². The molecule has 5 nitrogen and oxygen atoms in total. The van der Waals surface area contributed by atoms with Crippen molar-refractivity contribution in [3.05, 3.63) is 24.2 Å². The number of hydrogen-bond donors (Lipinski definition) is 2. The first-order chi connectivity index (χ1) is 7.61. The normalized spacial score (nSPS) is 10.2. The van der Waals surface area contributed by atoms with Crippen LogP contribution in [0.4, 0.5) is 0 Å². The van der Waals surface area contributed by atoms with Gasteiger partial charge < -0.3 is 15.1 Å². The van der Waals surface area contributed by atoms with Gasteiger partial charge in [-0.05, 0) is 12.1 Å². The van der Waals surface area contributed by atoms with Crippen LogP contribution in [0.2, 0.25) is 0 Å². The maximum atomic E-state index is 11.3. The van der Waals surface area contributed by atoms with Gasteiger partial charge in [0.15, 0.2) is 10.6 Å². The van der Waals surface area contributed by atoms with Crippen molar-refractivity contribution in [2.24, 2.45) is 0 Å². The van der Waals surface area contributed by atoms with Gasteiger partial charge in [0, 0.05) is 13.1 Å². The van der Waals surface area contributed by atoms with E-state index < -0.39 is 10.7 Å². The molecule has 0 atom stereocenters. The SMILES string of the molecule is O=C(NCCNC(=O)C(Cl)Cl)c1ccco1. The molecule has 0 aliphatic rings. The van der Waals surface area contributed by atoms with Crippen LogP contribution in [0.15, 0.2) is 22.8 Å². The van der Waals surface area contributed by atoms with Crippen LogP contribution in [0, 0.1) is 0 Å². The molecular formula is C9H10Cl2N2O3. The zero-order chi connectivity index (χ0) is 12.0. The third-order valence-electron chi connectivity index (χ3n) is 1.65. The number of hydrogen-bond acceptors (Lipinski definition) is 3. The molecular weight excluding hydrogens is 255 g/mol. The molecule has 1 rings (SSSR count). The average Bonchev–Trinajstić information content (AvgIpc) is 2.76. The van der Waals surface area contributed by atoms with Crippen molar-refractivity contribution in [2.75, 3.05) is 13.1 Å². The Kier molecular flexibility index (Phi) is 5.14. The number of alkyl halides is 2. The summed E-state index contributed by atoms with van der Waals surface area (Å²) in [5.74, 6) is -0.609. The average molecular weight is 265 g/mol. The molecule has 0 radical (unpaired) electrons. The van der Waals surface area contributed by atoms with Gasteiger partial charge in [0.25, 0.3) is 11.8 Å². The van der Waals surface area contributed by atoms with Crippen LogP contribution in [-0.4, -0.2) is 29.7 Å². The molecule has 1 aromatic rings. The summed E-state index contributed by atoms with van der Waals surface area (Å²) in [6.45, 7) is 0.521. The second-order valence-corrected chi connectivity index (χ2v) is 3.92. The Morgan fingerprint density at radius 2 is 2.00 bits per heavy atom. The summed E-state index contributed by atoms with van der Waals surface area (Å²) in [5.41, 5.74) is 0. The van der Waals surface area contributed by atoms with Crippen molar-refractivity contribution in [1.82, 2.24) is 10.6 Å². The van der Waals surface area contributed by atoms with Gasteiger partial charge in [0.1, 0.15) is 0 Å². The molecule has 0 saturated heterocycles. The molecule has 2 amide bonds. The number of rotatable bonds is 5. The van der Waals surface area contributed by atoms with E-state index in [4.69, 9.17) is 27.6 Å². The summed E-state index contributed by atoms with van der Waals surface area (Å²) in [6, 6.07) is 3.16. The first-order valence-electron chi connectivity index (χ1n) is 4.49. The Morgan fingerprint density at radius 3 is 2.56 bits per heavy atom. The molecule has 0 aromatic carbocycles. The van der Waals surface area contributed by atoms with Gasteiger partial charge in [-0.3, -0.25) is 9.59 Å². The van der Waals surface area contributed by atoms with E-state index in [1.54, 1.807) is 12.1 Å². The van der Waals surface area contributed by atoms with Crippen molar-refractivity contribution in [3.63, 3.8) is 0 Å². The third kappa shape index (κ3) is 4.12. The number of amides is 2. The molecule has 1 aromatic heterocycles. The quantitative estimate of drug-likeness (QED) is 0.614. The van der Waals surface area contributed by atoms with E-state index in [0.717, 1.165) is 0 Å². The fourth-order valence-electron chi connectivity index (χ4n) is 0.934. The van der Waals surface area contributed by atoms with Gasteiger partial charge in [0.2, 0.25) is 0 Å². The molecule has 1 heterocycles. The standard InChI is InChI=1S/C9H10Cl2N2O3/c10-7(11)9(15)13-4-3-12-8(14)6-2-1-5-16-6/h1-2,5,7H,3-4H2,(H,12,14)(H,13,15). The van der Waals surface area contributed by atoms with Gasteiger partial charge >= 0.3 is 0 Å². The van der Waals surface area contributed by atoms with Gasteiger partial charge in [0.05, 0.1) is 6.26 Å². The number of carbonyl (C=O) groups is 2. The van der Waals surface area contributed by atoms with E-state index in [9.17, 15) is 9.59 Å². The highest BCUT2D eigenvalue weighted by Gasteiger charge is 2.10. The molecule has 0 aliphatic heterocycles. The van der Waals surface area contributed by atoms with Crippen molar-refractivity contribution in [3.8, 4) is 0 Å². The van der Waals surface area contributed by atoms with Gasteiger partial charge in [-0.1, -0.05) is 23.2 Å². The maximum absolute atomic E-state index is 11.3. The van der Waals surface area contributed by atoms with E-state index in [0.29, 0.717) is 0 Å². The topological polar surface area (TPSA) is 71.3 Å². The number of carbonyl (C=O) groups excluding carboxylic acids is 2. The second-order valence-electron chi connectivity index (χ2n) is 2.82. The Bertz CT molecular complexity index is 352. The summed E-state index contributed by atoms with van der Waals surface area (Å²) >= 11 is 10.6.